The summed E-state index contributed by atoms with van der Waals surface area (Å²) >= 11 is 0. The van der Waals surface area contributed by atoms with Crippen LogP contribution in [-0.2, 0) is 4.79 Å². The average molecular weight is 366 g/mol. The molecule has 2 saturated heterocycles. The molecule has 2 atom stereocenters. The molecule has 1 N–H and O–H groups in total. The van der Waals surface area contributed by atoms with Crippen molar-refractivity contribution in [2.45, 2.75) is 32.2 Å². The Hall–Kier alpha value is -1.59. The standard InChI is InChI=1S/C19H27N3O2.ClH/c1-14-5-7-15(8-6-14)19(24)22-11-3-4-16(13-22)18(23)21(2)17-9-10-20-12-17;/h5-8,16-17,20H,3-4,9-13H2,1-2H3;1H. The molecule has 138 valence electrons. The normalized spacial score (nSPS) is 23.0. The van der Waals surface area contributed by atoms with Gasteiger partial charge >= 0.3 is 0 Å². The average Bonchev–Trinajstić information content (AvgIpc) is 3.15. The fraction of sp³-hybridized carbons (Fsp3) is 0.579. The maximum Gasteiger partial charge on any atom is 0.253 e. The third kappa shape index (κ3) is 4.53. The predicted octanol–water partition coefficient (Wildman–Crippen LogP) is 2.09. The SMILES string of the molecule is Cc1ccc(C(=O)N2CCCC(C(=O)N(C)C3CCNC3)C2)cc1.Cl. The summed E-state index contributed by atoms with van der Waals surface area (Å²) in [5.41, 5.74) is 1.85. The highest BCUT2D eigenvalue weighted by atomic mass is 35.5. The summed E-state index contributed by atoms with van der Waals surface area (Å²) in [6, 6.07) is 7.96. The predicted molar refractivity (Wildman–Crippen MR) is 101 cm³/mol. The first kappa shape index (κ1) is 19.7. The minimum atomic E-state index is -0.0706. The fourth-order valence-electron chi connectivity index (χ4n) is 3.68. The van der Waals surface area contributed by atoms with Crippen LogP contribution in [0.3, 0.4) is 0 Å². The van der Waals surface area contributed by atoms with Crippen molar-refractivity contribution in [1.82, 2.24) is 15.1 Å². The van der Waals surface area contributed by atoms with E-state index in [1.54, 1.807) is 0 Å². The summed E-state index contributed by atoms with van der Waals surface area (Å²) in [6.45, 7) is 5.14. The fourth-order valence-corrected chi connectivity index (χ4v) is 3.68. The van der Waals surface area contributed by atoms with Gasteiger partial charge in [-0.05, 0) is 44.9 Å². The molecule has 0 aliphatic carbocycles. The number of hydrogen-bond acceptors (Lipinski definition) is 3. The second-order valence-electron chi connectivity index (χ2n) is 7.05. The van der Waals surface area contributed by atoms with Crippen molar-refractivity contribution in [2.24, 2.45) is 5.92 Å². The van der Waals surface area contributed by atoms with Crippen molar-refractivity contribution in [3.63, 3.8) is 0 Å². The molecular weight excluding hydrogens is 338 g/mol. The molecule has 2 heterocycles. The molecule has 2 aliphatic heterocycles. The van der Waals surface area contributed by atoms with Crippen molar-refractivity contribution in [1.29, 1.82) is 0 Å². The number of rotatable bonds is 3. The zero-order valence-corrected chi connectivity index (χ0v) is 15.8. The van der Waals surface area contributed by atoms with Gasteiger partial charge in [-0.1, -0.05) is 17.7 Å². The van der Waals surface area contributed by atoms with Crippen LogP contribution in [0.4, 0.5) is 0 Å². The summed E-state index contributed by atoms with van der Waals surface area (Å²) in [6.07, 6.45) is 2.78. The Bertz CT molecular complexity index is 599. The number of carbonyl (C=O) groups is 2. The van der Waals surface area contributed by atoms with Gasteiger partial charge in [0.25, 0.3) is 5.91 Å². The minimum absolute atomic E-state index is 0. The topological polar surface area (TPSA) is 52.7 Å². The maximum absolute atomic E-state index is 12.8. The quantitative estimate of drug-likeness (QED) is 0.892. The van der Waals surface area contributed by atoms with Gasteiger partial charge in [0, 0.05) is 38.3 Å². The number of nitrogens with zero attached hydrogens (tertiary/aromatic N) is 2. The zero-order valence-electron chi connectivity index (χ0n) is 15.0. The van der Waals surface area contributed by atoms with Crippen LogP contribution >= 0.6 is 12.4 Å². The largest absolute Gasteiger partial charge is 0.341 e. The van der Waals surface area contributed by atoms with Crippen LogP contribution in [0.15, 0.2) is 24.3 Å². The van der Waals surface area contributed by atoms with E-state index in [4.69, 9.17) is 0 Å². The number of benzene rings is 1. The van der Waals surface area contributed by atoms with E-state index in [1.807, 2.05) is 48.0 Å². The number of amides is 2. The molecule has 3 rings (SSSR count). The first-order chi connectivity index (χ1) is 11.6. The Morgan fingerprint density at radius 3 is 2.56 bits per heavy atom. The summed E-state index contributed by atoms with van der Waals surface area (Å²) in [4.78, 5) is 29.2. The highest BCUT2D eigenvalue weighted by Gasteiger charge is 2.33. The van der Waals surface area contributed by atoms with E-state index in [1.165, 1.54) is 0 Å². The van der Waals surface area contributed by atoms with Gasteiger partial charge in [0.05, 0.1) is 5.92 Å². The molecule has 1 aromatic carbocycles. The summed E-state index contributed by atoms with van der Waals surface area (Å²) < 4.78 is 0. The molecule has 5 nitrogen and oxygen atoms in total. The molecule has 25 heavy (non-hydrogen) atoms. The van der Waals surface area contributed by atoms with Gasteiger partial charge in [0.15, 0.2) is 0 Å². The molecule has 2 aliphatic rings. The molecule has 1 aromatic rings. The highest BCUT2D eigenvalue weighted by Crippen LogP contribution is 2.22. The van der Waals surface area contributed by atoms with Gasteiger partial charge in [-0.15, -0.1) is 12.4 Å². The Morgan fingerprint density at radius 2 is 1.92 bits per heavy atom. The Kier molecular flexibility index (Phi) is 6.85. The van der Waals surface area contributed by atoms with Crippen LogP contribution < -0.4 is 5.32 Å². The van der Waals surface area contributed by atoms with Crippen molar-refractivity contribution in [3.8, 4) is 0 Å². The summed E-state index contributed by atoms with van der Waals surface area (Å²) in [5.74, 6) is 0.154. The lowest BCUT2D eigenvalue weighted by atomic mass is 9.95. The van der Waals surface area contributed by atoms with E-state index in [-0.39, 0.29) is 30.1 Å². The van der Waals surface area contributed by atoms with Crippen LogP contribution in [0.1, 0.15) is 35.2 Å². The molecular formula is C19H28ClN3O2. The molecule has 2 fully saturated rings. The van der Waals surface area contributed by atoms with Gasteiger partial charge < -0.3 is 15.1 Å². The molecule has 6 heteroatoms. The number of halogens is 1. The maximum atomic E-state index is 12.8. The van der Waals surface area contributed by atoms with Crippen molar-refractivity contribution in [2.75, 3.05) is 33.2 Å². The number of carbonyl (C=O) groups excluding carboxylic acids is 2. The smallest absolute Gasteiger partial charge is 0.253 e. The molecule has 0 bridgehead atoms. The molecule has 0 spiro atoms. The van der Waals surface area contributed by atoms with E-state index >= 15 is 0 Å². The Morgan fingerprint density at radius 1 is 1.20 bits per heavy atom. The van der Waals surface area contributed by atoms with E-state index in [2.05, 4.69) is 5.32 Å². The van der Waals surface area contributed by atoms with Gasteiger partial charge in [0.2, 0.25) is 5.91 Å². The zero-order chi connectivity index (χ0) is 17.1. The van der Waals surface area contributed by atoms with E-state index < -0.39 is 0 Å². The molecule has 0 saturated carbocycles. The van der Waals surface area contributed by atoms with Crippen LogP contribution in [0.2, 0.25) is 0 Å². The van der Waals surface area contributed by atoms with E-state index in [0.29, 0.717) is 18.2 Å². The minimum Gasteiger partial charge on any atom is -0.341 e. The van der Waals surface area contributed by atoms with Crippen molar-refractivity contribution in [3.05, 3.63) is 35.4 Å². The van der Waals surface area contributed by atoms with Crippen LogP contribution in [0.5, 0.6) is 0 Å². The lowest BCUT2D eigenvalue weighted by molar-refractivity contribution is -0.137. The number of hydrogen-bond donors (Lipinski definition) is 1. The van der Waals surface area contributed by atoms with Crippen molar-refractivity contribution >= 4 is 24.2 Å². The van der Waals surface area contributed by atoms with Gasteiger partial charge in [-0.3, -0.25) is 9.59 Å². The molecule has 0 radical (unpaired) electrons. The highest BCUT2D eigenvalue weighted by molar-refractivity contribution is 5.94. The first-order valence-corrected chi connectivity index (χ1v) is 8.89. The first-order valence-electron chi connectivity index (χ1n) is 8.89. The summed E-state index contributed by atoms with van der Waals surface area (Å²) in [5, 5.41) is 3.31. The third-order valence-corrected chi connectivity index (χ3v) is 5.29. The van der Waals surface area contributed by atoms with Gasteiger partial charge in [-0.25, -0.2) is 0 Å². The lowest BCUT2D eigenvalue weighted by Crippen LogP contribution is -2.48. The Balaban J connectivity index is 0.00000225. The number of likely N-dealkylation sites (N-methyl/N-ethyl adjacent to an activating group) is 1. The number of piperidine rings is 1. The summed E-state index contributed by atoms with van der Waals surface area (Å²) in [7, 11) is 1.90. The number of aryl methyl sites for hydroxylation is 1. The van der Waals surface area contributed by atoms with Crippen molar-refractivity contribution < 1.29 is 9.59 Å². The van der Waals surface area contributed by atoms with E-state index in [9.17, 15) is 9.59 Å². The second-order valence-corrected chi connectivity index (χ2v) is 7.05. The molecule has 0 aromatic heterocycles. The molecule has 2 amide bonds. The van der Waals surface area contributed by atoms with E-state index in [0.717, 1.165) is 44.5 Å². The third-order valence-electron chi connectivity index (χ3n) is 5.29. The van der Waals surface area contributed by atoms with Gasteiger partial charge in [0.1, 0.15) is 0 Å². The van der Waals surface area contributed by atoms with Crippen LogP contribution in [-0.4, -0.2) is 60.9 Å². The Labute approximate surface area is 156 Å². The number of nitrogens with one attached hydrogen (secondary N) is 1. The monoisotopic (exact) mass is 365 g/mol. The lowest BCUT2D eigenvalue weighted by Gasteiger charge is -2.35. The number of likely N-dealkylation sites (tertiary alicyclic amines) is 1. The van der Waals surface area contributed by atoms with Crippen LogP contribution in [0.25, 0.3) is 0 Å². The second kappa shape index (κ2) is 8.68. The van der Waals surface area contributed by atoms with Gasteiger partial charge in [-0.2, -0.15) is 0 Å². The molecule has 2 unspecified atom stereocenters. The van der Waals surface area contributed by atoms with Crippen LogP contribution in [0, 0.1) is 12.8 Å².